The molecule has 1 aromatic rings. The third kappa shape index (κ3) is 3.97. The molecule has 0 aromatic carbocycles. The van der Waals surface area contributed by atoms with Crippen LogP contribution < -0.4 is 5.32 Å². The molecule has 6 heteroatoms. The number of nitrogens with one attached hydrogen (secondary N) is 1. The number of aliphatic imine (C=N–C) groups is 1. The Morgan fingerprint density at radius 3 is 3.00 bits per heavy atom. The summed E-state index contributed by atoms with van der Waals surface area (Å²) in [5.41, 5.74) is 0. The molecule has 2 unspecified atom stereocenters. The van der Waals surface area contributed by atoms with Crippen LogP contribution in [0.5, 0.6) is 0 Å². The van der Waals surface area contributed by atoms with Gasteiger partial charge in [0.05, 0.1) is 19.6 Å². The Labute approximate surface area is 130 Å². The predicted molar refractivity (Wildman–Crippen MR) is 85.4 cm³/mol. The minimum atomic E-state index is -0.126. The fourth-order valence-corrected chi connectivity index (χ4v) is 3.21. The summed E-state index contributed by atoms with van der Waals surface area (Å²) >= 11 is 1.71. The average Bonchev–Trinajstić information content (AvgIpc) is 3.12. The van der Waals surface area contributed by atoms with Crippen molar-refractivity contribution < 1.29 is 9.53 Å². The van der Waals surface area contributed by atoms with Crippen molar-refractivity contribution in [3.05, 3.63) is 22.4 Å². The highest BCUT2D eigenvalue weighted by atomic mass is 32.1. The molecule has 0 radical (unpaired) electrons. The van der Waals surface area contributed by atoms with Crippen molar-refractivity contribution in [3.63, 3.8) is 0 Å². The van der Waals surface area contributed by atoms with Gasteiger partial charge in [0, 0.05) is 24.5 Å². The van der Waals surface area contributed by atoms with Gasteiger partial charge in [0.15, 0.2) is 5.96 Å². The number of hydrogen-bond donors (Lipinski definition) is 1. The van der Waals surface area contributed by atoms with Gasteiger partial charge < -0.3 is 15.0 Å². The van der Waals surface area contributed by atoms with Crippen molar-refractivity contribution in [2.75, 3.05) is 26.7 Å². The van der Waals surface area contributed by atoms with Gasteiger partial charge in [-0.15, -0.1) is 11.3 Å². The summed E-state index contributed by atoms with van der Waals surface area (Å²) in [5.74, 6) is 0.965. The smallest absolute Gasteiger partial charge is 0.310 e. The molecule has 0 amide bonds. The van der Waals surface area contributed by atoms with Gasteiger partial charge in [-0.2, -0.15) is 0 Å². The van der Waals surface area contributed by atoms with Crippen molar-refractivity contribution in [1.82, 2.24) is 10.2 Å². The molecule has 1 aliphatic heterocycles. The maximum absolute atomic E-state index is 11.8. The fourth-order valence-electron chi connectivity index (χ4n) is 2.58. The summed E-state index contributed by atoms with van der Waals surface area (Å²) in [5, 5.41) is 5.37. The number of hydrogen-bond acceptors (Lipinski definition) is 4. The van der Waals surface area contributed by atoms with Crippen molar-refractivity contribution in [1.29, 1.82) is 0 Å². The van der Waals surface area contributed by atoms with Crippen LogP contribution in [0, 0.1) is 11.8 Å². The van der Waals surface area contributed by atoms with Crippen molar-refractivity contribution >= 4 is 23.3 Å². The lowest BCUT2D eigenvalue weighted by molar-refractivity contribution is -0.145. The van der Waals surface area contributed by atoms with Crippen LogP contribution in [0.25, 0.3) is 0 Å². The molecular weight excluding hydrogens is 286 g/mol. The Balaban J connectivity index is 2.05. The van der Waals surface area contributed by atoms with E-state index in [-0.39, 0.29) is 17.8 Å². The summed E-state index contributed by atoms with van der Waals surface area (Å²) in [6.07, 6.45) is 0. The second kappa shape index (κ2) is 7.45. The molecule has 1 N–H and O–H groups in total. The van der Waals surface area contributed by atoms with Crippen LogP contribution >= 0.6 is 11.3 Å². The molecular formula is C15H23N3O2S. The topological polar surface area (TPSA) is 53.9 Å². The number of methoxy groups -OCH3 is 1. The largest absolute Gasteiger partial charge is 0.469 e. The minimum Gasteiger partial charge on any atom is -0.469 e. The Morgan fingerprint density at radius 1 is 1.57 bits per heavy atom. The zero-order valence-corrected chi connectivity index (χ0v) is 13.7. The van der Waals surface area contributed by atoms with Crippen molar-refractivity contribution in [3.8, 4) is 0 Å². The van der Waals surface area contributed by atoms with E-state index in [1.54, 1.807) is 11.3 Å². The standard InChI is InChI=1S/C15H23N3O2S/c1-4-16-15(17-8-12-6-5-7-21-12)18-9-11(2)13(10-18)14(19)20-3/h5-7,11,13H,4,8-10H2,1-3H3,(H,16,17). The molecule has 2 atom stereocenters. The number of esters is 1. The van der Waals surface area contributed by atoms with Gasteiger partial charge in [-0.3, -0.25) is 4.79 Å². The number of nitrogens with zero attached hydrogens (tertiary/aromatic N) is 2. The lowest BCUT2D eigenvalue weighted by Crippen LogP contribution is -2.40. The summed E-state index contributed by atoms with van der Waals surface area (Å²) in [7, 11) is 1.45. The molecule has 0 bridgehead atoms. The van der Waals surface area contributed by atoms with Crippen molar-refractivity contribution in [2.24, 2.45) is 16.8 Å². The van der Waals surface area contributed by atoms with E-state index in [9.17, 15) is 4.79 Å². The first-order chi connectivity index (χ1) is 10.2. The van der Waals surface area contributed by atoms with Gasteiger partial charge in [0.25, 0.3) is 0 Å². The number of rotatable bonds is 4. The third-order valence-corrected chi connectivity index (χ3v) is 4.58. The van der Waals surface area contributed by atoms with E-state index in [0.717, 1.165) is 19.0 Å². The van der Waals surface area contributed by atoms with E-state index < -0.39 is 0 Å². The van der Waals surface area contributed by atoms with E-state index >= 15 is 0 Å². The zero-order valence-electron chi connectivity index (χ0n) is 12.8. The molecule has 2 heterocycles. The van der Waals surface area contributed by atoms with Crippen LogP contribution in [-0.4, -0.2) is 43.6 Å². The Kier molecular flexibility index (Phi) is 5.61. The summed E-state index contributed by atoms with van der Waals surface area (Å²) in [4.78, 5) is 19.9. The average molecular weight is 309 g/mol. The quantitative estimate of drug-likeness (QED) is 0.525. The van der Waals surface area contributed by atoms with Crippen LogP contribution in [0.15, 0.2) is 22.5 Å². The lowest BCUT2D eigenvalue weighted by Gasteiger charge is -2.21. The van der Waals surface area contributed by atoms with Gasteiger partial charge in [0.1, 0.15) is 0 Å². The van der Waals surface area contributed by atoms with Gasteiger partial charge in [0.2, 0.25) is 0 Å². The highest BCUT2D eigenvalue weighted by Crippen LogP contribution is 2.24. The first kappa shape index (κ1) is 15.8. The number of thiophene rings is 1. The summed E-state index contributed by atoms with van der Waals surface area (Å²) in [6.45, 7) is 7.13. The molecule has 21 heavy (non-hydrogen) atoms. The molecule has 5 nitrogen and oxygen atoms in total. The fraction of sp³-hybridized carbons (Fsp3) is 0.600. The molecule has 1 saturated heterocycles. The van der Waals surface area contributed by atoms with Gasteiger partial charge >= 0.3 is 5.97 Å². The second-order valence-corrected chi connectivity index (χ2v) is 6.29. The summed E-state index contributed by atoms with van der Waals surface area (Å²) < 4.78 is 4.89. The second-order valence-electron chi connectivity index (χ2n) is 5.26. The molecule has 0 saturated carbocycles. The first-order valence-electron chi connectivity index (χ1n) is 7.29. The Bertz CT molecular complexity index is 487. The summed E-state index contributed by atoms with van der Waals surface area (Å²) in [6, 6.07) is 4.12. The Hall–Kier alpha value is -1.56. The van der Waals surface area contributed by atoms with Crippen molar-refractivity contribution in [2.45, 2.75) is 20.4 Å². The lowest BCUT2D eigenvalue weighted by atomic mass is 9.99. The zero-order chi connectivity index (χ0) is 15.2. The number of carbonyl (C=O) groups excluding carboxylic acids is 1. The highest BCUT2D eigenvalue weighted by molar-refractivity contribution is 7.09. The SMILES string of the molecule is CCNC(=NCc1cccs1)N1CC(C)C(C(=O)OC)C1. The van der Waals surface area contributed by atoms with Crippen LogP contribution in [0.4, 0.5) is 0 Å². The number of likely N-dealkylation sites (tertiary alicyclic amines) is 1. The normalized spacial score (nSPS) is 22.4. The number of ether oxygens (including phenoxy) is 1. The van der Waals surface area contributed by atoms with E-state index in [1.165, 1.54) is 12.0 Å². The van der Waals surface area contributed by atoms with Gasteiger partial charge in [-0.05, 0) is 24.3 Å². The van der Waals surface area contributed by atoms with Crippen LogP contribution in [0.3, 0.4) is 0 Å². The third-order valence-electron chi connectivity index (χ3n) is 3.72. The molecule has 2 rings (SSSR count). The maximum Gasteiger partial charge on any atom is 0.310 e. The molecule has 0 spiro atoms. The Morgan fingerprint density at radius 2 is 2.38 bits per heavy atom. The van der Waals surface area contributed by atoms with E-state index in [0.29, 0.717) is 13.1 Å². The number of carbonyl (C=O) groups is 1. The molecule has 116 valence electrons. The monoisotopic (exact) mass is 309 g/mol. The van der Waals surface area contributed by atoms with Crippen LogP contribution in [0.2, 0.25) is 0 Å². The maximum atomic E-state index is 11.8. The number of guanidine groups is 1. The molecule has 1 aromatic heterocycles. The van der Waals surface area contributed by atoms with E-state index in [1.807, 2.05) is 6.07 Å². The predicted octanol–water partition coefficient (Wildman–Crippen LogP) is 1.95. The molecule has 1 aliphatic rings. The molecule has 0 aliphatic carbocycles. The van der Waals surface area contributed by atoms with Crippen LogP contribution in [0.1, 0.15) is 18.7 Å². The molecule has 1 fully saturated rings. The van der Waals surface area contributed by atoms with Crippen LogP contribution in [-0.2, 0) is 16.1 Å². The minimum absolute atomic E-state index is 0.0689. The van der Waals surface area contributed by atoms with E-state index in [2.05, 4.69) is 40.5 Å². The van der Waals surface area contributed by atoms with E-state index in [4.69, 9.17) is 4.74 Å². The first-order valence-corrected chi connectivity index (χ1v) is 8.17. The highest BCUT2D eigenvalue weighted by Gasteiger charge is 2.36. The van der Waals surface area contributed by atoms with Gasteiger partial charge in [-0.25, -0.2) is 4.99 Å². The van der Waals surface area contributed by atoms with Gasteiger partial charge in [-0.1, -0.05) is 13.0 Å².